The maximum Gasteiger partial charge on any atom is 0.412 e. The van der Waals surface area contributed by atoms with Gasteiger partial charge in [0.2, 0.25) is 12.2 Å². The number of thioether (sulfide) groups is 1. The quantitative estimate of drug-likeness (QED) is 0.241. The molecule has 1 aromatic carbocycles. The minimum absolute atomic E-state index is 0.0623. The van der Waals surface area contributed by atoms with Crippen LogP contribution in [0, 0.1) is 5.92 Å². The molecule has 3 rings (SSSR count). The lowest BCUT2D eigenvalue weighted by molar-refractivity contribution is -0.169. The monoisotopic (exact) mass is 572 g/mol. The highest BCUT2D eigenvalue weighted by Crippen LogP contribution is 2.21. The van der Waals surface area contributed by atoms with Crippen molar-refractivity contribution < 1.29 is 29.0 Å². The molecule has 4 unspecified atom stereocenters. The minimum Gasteiger partial charge on any atom is -0.425 e. The first kappa shape index (κ1) is 31.2. The van der Waals surface area contributed by atoms with Gasteiger partial charge in [-0.25, -0.2) is 4.79 Å². The van der Waals surface area contributed by atoms with E-state index in [9.17, 15) is 19.5 Å². The number of carbonyl (C=O) groups is 3. The second-order valence-electron chi connectivity index (χ2n) is 10.2. The van der Waals surface area contributed by atoms with E-state index in [-0.39, 0.29) is 43.0 Å². The van der Waals surface area contributed by atoms with Crippen molar-refractivity contribution in [3.05, 3.63) is 59.7 Å². The van der Waals surface area contributed by atoms with Gasteiger partial charge in [-0.3, -0.25) is 14.6 Å². The van der Waals surface area contributed by atoms with Gasteiger partial charge in [-0.05, 0) is 18.4 Å². The Morgan fingerprint density at radius 1 is 1.20 bits per heavy atom. The van der Waals surface area contributed by atoms with Gasteiger partial charge in [0.05, 0.1) is 24.6 Å². The predicted molar refractivity (Wildman–Crippen MR) is 156 cm³/mol. The van der Waals surface area contributed by atoms with Crippen LogP contribution < -0.4 is 11.1 Å². The number of hydrogen-bond acceptors (Lipinski definition) is 9. The van der Waals surface area contributed by atoms with Gasteiger partial charge in [-0.2, -0.15) is 0 Å². The van der Waals surface area contributed by atoms with Crippen molar-refractivity contribution in [2.24, 2.45) is 16.6 Å². The summed E-state index contributed by atoms with van der Waals surface area (Å²) in [6.07, 6.45) is 5.77. The molecule has 1 heterocycles. The summed E-state index contributed by atoms with van der Waals surface area (Å²) in [6.45, 7) is 5.33. The third-order valence-corrected chi connectivity index (χ3v) is 7.51. The Kier molecular flexibility index (Phi) is 12.1. The number of allylic oxidation sites excluding steroid dienone is 1. The Morgan fingerprint density at radius 2 is 1.95 bits per heavy atom. The SMILES string of the molecule is CC(OC(=O)C(C)C)OC(=O)N(CCC1=CCC(NC(=O)CC2CSC(N)=N2)C=C1)CC(CO)c1ccccc1. The van der Waals surface area contributed by atoms with Crippen molar-refractivity contribution in [3.63, 3.8) is 0 Å². The molecule has 218 valence electrons. The van der Waals surface area contributed by atoms with Gasteiger partial charge in [0.1, 0.15) is 0 Å². The number of rotatable bonds is 13. The standard InChI is InChI=1S/C29H40N4O6S/c1-19(2)27(36)38-20(3)39-29(37)33(16-23(17-34)22-7-5-4-6-8-22)14-13-21-9-11-24(12-10-21)31-26(35)15-25-18-40-28(30)32-25/h4-11,19-20,23-25,34H,12-18H2,1-3H3,(H2,30,32)(H,31,35). The molecule has 0 saturated carbocycles. The first-order valence-corrected chi connectivity index (χ1v) is 14.6. The fourth-order valence-electron chi connectivity index (χ4n) is 4.30. The molecular formula is C29H40N4O6S. The van der Waals surface area contributed by atoms with Crippen molar-refractivity contribution in [3.8, 4) is 0 Å². The normalized spacial score (nSPS) is 19.8. The molecule has 1 aromatic rings. The lowest BCUT2D eigenvalue weighted by Crippen LogP contribution is -2.39. The largest absolute Gasteiger partial charge is 0.425 e. The molecule has 2 aliphatic rings. The van der Waals surface area contributed by atoms with E-state index >= 15 is 0 Å². The molecule has 11 heteroatoms. The summed E-state index contributed by atoms with van der Waals surface area (Å²) in [5, 5.41) is 13.6. The number of hydrogen-bond donors (Lipinski definition) is 3. The van der Waals surface area contributed by atoms with Gasteiger partial charge < -0.3 is 30.5 Å². The minimum atomic E-state index is -1.04. The number of esters is 1. The average molecular weight is 573 g/mol. The molecule has 4 N–H and O–H groups in total. The zero-order chi connectivity index (χ0) is 29.1. The van der Waals surface area contributed by atoms with Crippen molar-refractivity contribution in [1.82, 2.24) is 10.2 Å². The predicted octanol–water partition coefficient (Wildman–Crippen LogP) is 3.33. The van der Waals surface area contributed by atoms with Crippen molar-refractivity contribution >= 4 is 34.9 Å². The number of amidine groups is 1. The lowest BCUT2D eigenvalue weighted by atomic mass is 9.98. The van der Waals surface area contributed by atoms with E-state index in [4.69, 9.17) is 15.2 Å². The van der Waals surface area contributed by atoms with E-state index in [1.807, 2.05) is 48.6 Å². The molecule has 1 aliphatic heterocycles. The third-order valence-electron chi connectivity index (χ3n) is 6.56. The van der Waals surface area contributed by atoms with E-state index in [2.05, 4.69) is 10.3 Å². The number of aliphatic imine (C=N–C) groups is 1. The van der Waals surface area contributed by atoms with Crippen LogP contribution in [0.5, 0.6) is 0 Å². The molecule has 10 nitrogen and oxygen atoms in total. The van der Waals surface area contributed by atoms with Gasteiger partial charge in [-0.1, -0.05) is 79.7 Å². The van der Waals surface area contributed by atoms with E-state index in [0.29, 0.717) is 31.0 Å². The maximum atomic E-state index is 13.1. The van der Waals surface area contributed by atoms with Gasteiger partial charge >= 0.3 is 12.1 Å². The van der Waals surface area contributed by atoms with Gasteiger partial charge in [-0.15, -0.1) is 0 Å². The Labute approximate surface area is 240 Å². The Bertz CT molecular complexity index is 1110. The molecule has 0 bridgehead atoms. The van der Waals surface area contributed by atoms with E-state index in [1.165, 1.54) is 23.6 Å². The number of aliphatic hydroxyl groups excluding tert-OH is 1. The summed E-state index contributed by atoms with van der Waals surface area (Å²) < 4.78 is 10.6. The average Bonchev–Trinajstić information content (AvgIpc) is 3.33. The van der Waals surface area contributed by atoms with Gasteiger partial charge in [0.25, 0.3) is 0 Å². The summed E-state index contributed by atoms with van der Waals surface area (Å²) in [5.74, 6) is -0.448. The highest BCUT2D eigenvalue weighted by atomic mass is 32.2. The van der Waals surface area contributed by atoms with Crippen molar-refractivity contribution in [2.75, 3.05) is 25.4 Å². The number of nitrogens with one attached hydrogen (secondary N) is 1. The lowest BCUT2D eigenvalue weighted by Gasteiger charge is -2.28. The molecule has 2 amide bonds. The van der Waals surface area contributed by atoms with Crippen molar-refractivity contribution in [1.29, 1.82) is 0 Å². The molecule has 0 fully saturated rings. The van der Waals surface area contributed by atoms with Crippen LogP contribution in [0.1, 0.15) is 51.5 Å². The molecule has 0 spiro atoms. The van der Waals surface area contributed by atoms with E-state index in [1.54, 1.807) is 13.8 Å². The van der Waals surface area contributed by atoms with Crippen LogP contribution >= 0.6 is 11.8 Å². The van der Waals surface area contributed by atoms with Gasteiger partial charge in [0.15, 0.2) is 5.17 Å². The number of nitrogens with two attached hydrogens (primary N) is 1. The van der Waals surface area contributed by atoms with E-state index in [0.717, 1.165) is 16.9 Å². The molecule has 4 atom stereocenters. The first-order valence-electron chi connectivity index (χ1n) is 13.6. The number of aliphatic hydroxyl groups is 1. The third kappa shape index (κ3) is 10.0. The Morgan fingerprint density at radius 3 is 2.55 bits per heavy atom. The fourth-order valence-corrected chi connectivity index (χ4v) is 5.08. The Hall–Kier alpha value is -3.31. The molecule has 0 aromatic heterocycles. The van der Waals surface area contributed by atoms with Gasteiger partial charge in [0, 0.05) is 38.1 Å². The molecule has 40 heavy (non-hydrogen) atoms. The van der Waals surface area contributed by atoms with Crippen LogP contribution in [-0.2, 0) is 19.1 Å². The second-order valence-corrected chi connectivity index (χ2v) is 11.3. The molecule has 1 aliphatic carbocycles. The summed E-state index contributed by atoms with van der Waals surface area (Å²) in [5.41, 5.74) is 7.61. The summed E-state index contributed by atoms with van der Waals surface area (Å²) in [6, 6.07) is 9.29. The van der Waals surface area contributed by atoms with Crippen LogP contribution in [0.3, 0.4) is 0 Å². The summed E-state index contributed by atoms with van der Waals surface area (Å²) in [4.78, 5) is 43.2. The van der Waals surface area contributed by atoms with Crippen molar-refractivity contribution in [2.45, 2.75) is 64.3 Å². The van der Waals surface area contributed by atoms with Crippen LogP contribution in [0.2, 0.25) is 0 Å². The number of amides is 2. The van der Waals surface area contributed by atoms with Crippen LogP contribution in [0.4, 0.5) is 4.79 Å². The summed E-state index contributed by atoms with van der Waals surface area (Å²) >= 11 is 1.47. The van der Waals surface area contributed by atoms with E-state index < -0.39 is 18.4 Å². The van der Waals surface area contributed by atoms with Crippen LogP contribution in [0.25, 0.3) is 0 Å². The van der Waals surface area contributed by atoms with Crippen LogP contribution in [0.15, 0.2) is 59.1 Å². The number of ether oxygens (including phenoxy) is 2. The highest BCUT2D eigenvalue weighted by Gasteiger charge is 2.25. The smallest absolute Gasteiger partial charge is 0.412 e. The zero-order valence-corrected chi connectivity index (χ0v) is 24.1. The number of carbonyl (C=O) groups excluding carboxylic acids is 3. The zero-order valence-electron chi connectivity index (χ0n) is 23.3. The summed E-state index contributed by atoms with van der Waals surface area (Å²) in [7, 11) is 0. The number of nitrogens with zero attached hydrogens (tertiary/aromatic N) is 2. The fraction of sp³-hybridized carbons (Fsp3) is 0.517. The molecule has 0 radical (unpaired) electrons. The second kappa shape index (κ2) is 15.5. The highest BCUT2D eigenvalue weighted by molar-refractivity contribution is 8.14. The first-order chi connectivity index (χ1) is 19.1. The Balaban J connectivity index is 1.57. The number of benzene rings is 1. The topological polar surface area (TPSA) is 144 Å². The molecule has 0 saturated heterocycles. The molecular weight excluding hydrogens is 532 g/mol. The maximum absolute atomic E-state index is 13.1. The van der Waals surface area contributed by atoms with Crippen LogP contribution in [-0.4, -0.2) is 77.0 Å².